The Labute approximate surface area is 155 Å². The number of hydrogen-bond acceptors (Lipinski definition) is 4. The van der Waals surface area contributed by atoms with E-state index in [4.69, 9.17) is 4.74 Å². The predicted octanol–water partition coefficient (Wildman–Crippen LogP) is 5.10. The van der Waals surface area contributed by atoms with Gasteiger partial charge in [0.2, 0.25) is 0 Å². The van der Waals surface area contributed by atoms with Gasteiger partial charge in [-0.25, -0.2) is 13.2 Å². The van der Waals surface area contributed by atoms with E-state index in [0.29, 0.717) is 6.07 Å². The van der Waals surface area contributed by atoms with Crippen molar-refractivity contribution < 1.29 is 27.6 Å². The van der Waals surface area contributed by atoms with Crippen LogP contribution in [0, 0.1) is 27.6 Å². The summed E-state index contributed by atoms with van der Waals surface area (Å²) in [6.45, 7) is 0. The average molecular weight is 386 g/mol. The number of ether oxygens (including phenoxy) is 1. The molecule has 1 aliphatic rings. The van der Waals surface area contributed by atoms with E-state index < -0.39 is 28.3 Å². The molecule has 1 aliphatic heterocycles. The number of benzene rings is 3. The molecule has 9 heteroatoms. The number of carbonyl (C=O) groups excluding carboxylic acids is 1. The van der Waals surface area contributed by atoms with E-state index >= 15 is 0 Å². The summed E-state index contributed by atoms with van der Waals surface area (Å²) >= 11 is 0. The predicted molar refractivity (Wildman–Crippen MR) is 92.4 cm³/mol. The number of non-ortho nitro benzene ring substituents is 1. The normalized spacial score (nSPS) is 12.7. The lowest BCUT2D eigenvalue weighted by Gasteiger charge is -2.22. The molecule has 4 rings (SSSR count). The van der Waals surface area contributed by atoms with Gasteiger partial charge < -0.3 is 4.74 Å². The summed E-state index contributed by atoms with van der Waals surface area (Å²) < 4.78 is 47.1. The van der Waals surface area contributed by atoms with Crippen molar-refractivity contribution in [3.63, 3.8) is 0 Å². The summed E-state index contributed by atoms with van der Waals surface area (Å²) in [6.07, 6.45) is 0. The van der Waals surface area contributed by atoms with Crippen molar-refractivity contribution in [3.8, 4) is 11.5 Å². The number of hydrogen-bond donors (Lipinski definition) is 0. The van der Waals surface area contributed by atoms with Crippen LogP contribution in [0.15, 0.2) is 54.6 Å². The molecule has 3 aromatic carbocycles. The van der Waals surface area contributed by atoms with Crippen LogP contribution in [-0.2, 0) is 0 Å². The topological polar surface area (TPSA) is 72.7 Å². The molecule has 0 bridgehead atoms. The van der Waals surface area contributed by atoms with Crippen LogP contribution in [0.2, 0.25) is 0 Å². The van der Waals surface area contributed by atoms with Gasteiger partial charge in [0.25, 0.3) is 11.6 Å². The number of fused-ring (bicyclic) bond motifs is 2. The Morgan fingerprint density at radius 2 is 1.54 bits per heavy atom. The van der Waals surface area contributed by atoms with Gasteiger partial charge in [-0.05, 0) is 36.4 Å². The van der Waals surface area contributed by atoms with E-state index in [1.54, 1.807) is 0 Å². The number of amides is 1. The second kappa shape index (κ2) is 6.38. The minimum absolute atomic E-state index is 0.0160. The van der Waals surface area contributed by atoms with E-state index in [-0.39, 0.29) is 34.1 Å². The monoisotopic (exact) mass is 386 g/mol. The Morgan fingerprint density at radius 1 is 0.857 bits per heavy atom. The van der Waals surface area contributed by atoms with Crippen LogP contribution in [0.5, 0.6) is 11.5 Å². The molecule has 0 atom stereocenters. The molecule has 0 spiro atoms. The number of nitrogens with zero attached hydrogens (tertiary/aromatic N) is 2. The highest BCUT2D eigenvalue weighted by atomic mass is 19.1. The van der Waals surface area contributed by atoms with Crippen LogP contribution >= 0.6 is 0 Å². The first-order chi connectivity index (χ1) is 13.3. The SMILES string of the molecule is O=C1c2cc(F)ccc2Oc2cc([N+](=O)[O-])ccc2N1c1ccc(F)cc1F. The Bertz CT molecular complexity index is 1150. The number of halogens is 3. The molecular weight excluding hydrogens is 377 g/mol. The molecular formula is C19H9F3N2O4. The highest BCUT2D eigenvalue weighted by molar-refractivity contribution is 6.14. The molecule has 1 amide bonds. The summed E-state index contributed by atoms with van der Waals surface area (Å²) in [6, 6.07) is 9.12. The van der Waals surface area contributed by atoms with Crippen molar-refractivity contribution in [1.29, 1.82) is 0 Å². The lowest BCUT2D eigenvalue weighted by Crippen LogP contribution is -2.26. The highest BCUT2D eigenvalue weighted by Crippen LogP contribution is 2.44. The zero-order chi connectivity index (χ0) is 20.0. The van der Waals surface area contributed by atoms with Gasteiger partial charge in [0, 0.05) is 12.1 Å². The largest absolute Gasteiger partial charge is 0.454 e. The lowest BCUT2D eigenvalue weighted by molar-refractivity contribution is -0.384. The van der Waals surface area contributed by atoms with Crippen LogP contribution in [0.25, 0.3) is 0 Å². The molecule has 0 unspecified atom stereocenters. The molecule has 28 heavy (non-hydrogen) atoms. The smallest absolute Gasteiger partial charge is 0.273 e. The Morgan fingerprint density at radius 3 is 2.25 bits per heavy atom. The third-order valence-electron chi connectivity index (χ3n) is 4.14. The Kier molecular flexibility index (Phi) is 3.99. The van der Waals surface area contributed by atoms with Crippen molar-refractivity contribution >= 4 is 23.0 Å². The molecule has 0 N–H and O–H groups in total. The maximum Gasteiger partial charge on any atom is 0.273 e. The fraction of sp³-hybridized carbons (Fsp3) is 0. The zero-order valence-electron chi connectivity index (χ0n) is 13.9. The number of rotatable bonds is 2. The zero-order valence-corrected chi connectivity index (χ0v) is 13.9. The molecule has 6 nitrogen and oxygen atoms in total. The third-order valence-corrected chi connectivity index (χ3v) is 4.14. The van der Waals surface area contributed by atoms with Crippen LogP contribution in [0.3, 0.4) is 0 Å². The molecule has 140 valence electrons. The second-order valence-corrected chi connectivity index (χ2v) is 5.89. The number of nitro groups is 1. The fourth-order valence-electron chi connectivity index (χ4n) is 2.89. The van der Waals surface area contributed by atoms with Crippen molar-refractivity contribution in [2.45, 2.75) is 0 Å². The van der Waals surface area contributed by atoms with Gasteiger partial charge >= 0.3 is 0 Å². The summed E-state index contributed by atoms with van der Waals surface area (Å²) in [7, 11) is 0. The van der Waals surface area contributed by atoms with Crippen LogP contribution in [0.1, 0.15) is 10.4 Å². The summed E-state index contributed by atoms with van der Waals surface area (Å²) in [5.41, 5.74) is -0.876. The number of nitro benzene ring substituents is 1. The van der Waals surface area contributed by atoms with Gasteiger partial charge in [0.15, 0.2) is 5.75 Å². The first kappa shape index (κ1) is 17.5. The van der Waals surface area contributed by atoms with Crippen molar-refractivity contribution in [2.24, 2.45) is 0 Å². The van der Waals surface area contributed by atoms with E-state index in [1.165, 1.54) is 12.1 Å². The van der Waals surface area contributed by atoms with E-state index in [2.05, 4.69) is 0 Å². The Hall–Kier alpha value is -3.88. The van der Waals surface area contributed by atoms with Gasteiger partial charge in [-0.15, -0.1) is 0 Å². The molecule has 0 saturated heterocycles. The quantitative estimate of drug-likeness (QED) is 0.454. The van der Waals surface area contributed by atoms with E-state index in [9.17, 15) is 28.1 Å². The molecule has 0 saturated carbocycles. The van der Waals surface area contributed by atoms with Gasteiger partial charge in [-0.1, -0.05) is 0 Å². The lowest BCUT2D eigenvalue weighted by atomic mass is 10.1. The standard InChI is InChI=1S/C19H9F3N2O4/c20-10-2-6-17-13(7-10)19(25)23(15-4-1-11(21)8-14(15)22)16-5-3-12(24(26)27)9-18(16)28-17/h1-9H. The van der Waals surface area contributed by atoms with Gasteiger partial charge in [0.05, 0.1) is 27.9 Å². The maximum absolute atomic E-state index is 14.4. The number of carbonyl (C=O) groups is 1. The van der Waals surface area contributed by atoms with E-state index in [0.717, 1.165) is 41.3 Å². The summed E-state index contributed by atoms with van der Waals surface area (Å²) in [4.78, 5) is 24.4. The summed E-state index contributed by atoms with van der Waals surface area (Å²) in [5.74, 6) is -3.64. The van der Waals surface area contributed by atoms with Crippen molar-refractivity contribution in [1.82, 2.24) is 0 Å². The molecule has 1 heterocycles. The Balaban J connectivity index is 2.00. The van der Waals surface area contributed by atoms with E-state index in [1.807, 2.05) is 0 Å². The van der Waals surface area contributed by atoms with Gasteiger partial charge in [-0.3, -0.25) is 19.8 Å². The number of anilines is 2. The first-order valence-electron chi connectivity index (χ1n) is 7.90. The molecule has 3 aromatic rings. The minimum Gasteiger partial charge on any atom is -0.454 e. The minimum atomic E-state index is -1.04. The highest BCUT2D eigenvalue weighted by Gasteiger charge is 2.32. The summed E-state index contributed by atoms with van der Waals surface area (Å²) in [5, 5.41) is 11.1. The van der Waals surface area contributed by atoms with Crippen LogP contribution in [-0.4, -0.2) is 10.8 Å². The average Bonchev–Trinajstić information content (AvgIpc) is 2.76. The van der Waals surface area contributed by atoms with Crippen molar-refractivity contribution in [3.05, 3.63) is 87.7 Å². The molecule has 0 fully saturated rings. The first-order valence-corrected chi connectivity index (χ1v) is 7.90. The maximum atomic E-state index is 14.4. The van der Waals surface area contributed by atoms with Gasteiger partial charge in [0.1, 0.15) is 23.2 Å². The molecule has 0 aromatic heterocycles. The van der Waals surface area contributed by atoms with Crippen LogP contribution in [0.4, 0.5) is 30.2 Å². The van der Waals surface area contributed by atoms with Crippen LogP contribution < -0.4 is 9.64 Å². The second-order valence-electron chi connectivity index (χ2n) is 5.89. The van der Waals surface area contributed by atoms with Gasteiger partial charge in [-0.2, -0.15) is 0 Å². The van der Waals surface area contributed by atoms with Crippen molar-refractivity contribution in [2.75, 3.05) is 4.90 Å². The fourth-order valence-corrected chi connectivity index (χ4v) is 2.89. The molecule has 0 radical (unpaired) electrons. The third kappa shape index (κ3) is 2.82. The molecule has 0 aliphatic carbocycles.